The van der Waals surface area contributed by atoms with Crippen LogP contribution >= 0.6 is 11.8 Å². The number of carbonyl (C=O) groups is 2. The van der Waals surface area contributed by atoms with Crippen LogP contribution in [-0.4, -0.2) is 24.2 Å². The zero-order valence-electron chi connectivity index (χ0n) is 15.3. The standard InChI is InChI=1S/C19H20N4O3S/c1-4-26-13-7-5-12(6-8-13)22-16(24)11-27-18-15(10-21)19(2,3)14(9-20)17(25)23-18/h5-8,14H,4,11H2,1-3H3,(H,22,24)(H,23,25)/t14-/m1/s1. The SMILES string of the molecule is CCOc1ccc(NC(=O)CSC2=C(C#N)C(C)(C)[C@H](C#N)C(=O)N2)cc1. The van der Waals surface area contributed by atoms with Crippen LogP contribution in [0.2, 0.25) is 0 Å². The first-order valence-corrected chi connectivity index (χ1v) is 9.32. The van der Waals surface area contributed by atoms with Crippen LogP contribution in [-0.2, 0) is 9.59 Å². The van der Waals surface area contributed by atoms with Crippen molar-refractivity contribution in [1.82, 2.24) is 5.32 Å². The predicted molar refractivity (Wildman–Crippen MR) is 102 cm³/mol. The number of nitrogens with zero attached hydrogens (tertiary/aromatic N) is 2. The van der Waals surface area contributed by atoms with Crippen molar-refractivity contribution in [3.8, 4) is 17.9 Å². The molecule has 0 aromatic heterocycles. The van der Waals surface area contributed by atoms with Gasteiger partial charge in [0, 0.05) is 11.1 Å². The fraction of sp³-hybridized carbons (Fsp3) is 0.368. The van der Waals surface area contributed by atoms with Crippen LogP contribution in [0.25, 0.3) is 0 Å². The highest BCUT2D eigenvalue weighted by atomic mass is 32.2. The van der Waals surface area contributed by atoms with E-state index in [1.807, 2.05) is 13.0 Å². The molecule has 1 aromatic carbocycles. The third-order valence-electron chi connectivity index (χ3n) is 4.13. The number of hydrogen-bond acceptors (Lipinski definition) is 6. The van der Waals surface area contributed by atoms with E-state index in [4.69, 9.17) is 4.74 Å². The molecule has 0 fully saturated rings. The number of nitriles is 2. The Morgan fingerprint density at radius 1 is 1.33 bits per heavy atom. The summed E-state index contributed by atoms with van der Waals surface area (Å²) in [6, 6.07) is 11.0. The van der Waals surface area contributed by atoms with E-state index >= 15 is 0 Å². The van der Waals surface area contributed by atoms with Gasteiger partial charge in [-0.3, -0.25) is 9.59 Å². The van der Waals surface area contributed by atoms with E-state index in [1.165, 1.54) is 0 Å². The molecule has 140 valence electrons. The van der Waals surface area contributed by atoms with Crippen molar-refractivity contribution in [2.24, 2.45) is 11.3 Å². The van der Waals surface area contributed by atoms with Crippen LogP contribution in [0.4, 0.5) is 5.69 Å². The average Bonchev–Trinajstić information content (AvgIpc) is 2.61. The third-order valence-corrected chi connectivity index (χ3v) is 5.13. The molecule has 0 saturated heterocycles. The largest absolute Gasteiger partial charge is 0.494 e. The number of thioether (sulfide) groups is 1. The maximum absolute atomic E-state index is 12.2. The van der Waals surface area contributed by atoms with Crippen LogP contribution in [0.3, 0.4) is 0 Å². The Labute approximate surface area is 162 Å². The number of benzene rings is 1. The fourth-order valence-corrected chi connectivity index (χ4v) is 3.64. The molecule has 1 aromatic rings. The van der Waals surface area contributed by atoms with Gasteiger partial charge >= 0.3 is 0 Å². The second kappa shape index (κ2) is 8.61. The molecule has 1 aliphatic heterocycles. The first kappa shape index (κ1) is 20.3. The van der Waals surface area contributed by atoms with Gasteiger partial charge in [-0.2, -0.15) is 10.5 Å². The van der Waals surface area contributed by atoms with Gasteiger partial charge in [-0.15, -0.1) is 0 Å². The molecule has 0 saturated carbocycles. The van der Waals surface area contributed by atoms with Crippen LogP contribution < -0.4 is 15.4 Å². The Hall–Kier alpha value is -2.97. The zero-order valence-corrected chi connectivity index (χ0v) is 16.1. The number of nitrogens with one attached hydrogen (secondary N) is 2. The Bertz CT molecular complexity index is 847. The van der Waals surface area contributed by atoms with Gasteiger partial charge in [-0.25, -0.2) is 0 Å². The number of carbonyl (C=O) groups excluding carboxylic acids is 2. The third kappa shape index (κ3) is 4.60. The number of ether oxygens (including phenoxy) is 1. The van der Waals surface area contributed by atoms with E-state index < -0.39 is 17.2 Å². The summed E-state index contributed by atoms with van der Waals surface area (Å²) in [6.45, 7) is 5.81. The molecular weight excluding hydrogens is 364 g/mol. The van der Waals surface area contributed by atoms with Gasteiger partial charge in [-0.1, -0.05) is 25.6 Å². The van der Waals surface area contributed by atoms with Gasteiger partial charge in [-0.05, 0) is 31.2 Å². The van der Waals surface area contributed by atoms with Crippen molar-refractivity contribution in [2.75, 3.05) is 17.7 Å². The van der Waals surface area contributed by atoms with E-state index in [1.54, 1.807) is 38.1 Å². The van der Waals surface area contributed by atoms with E-state index in [-0.39, 0.29) is 11.7 Å². The lowest BCUT2D eigenvalue weighted by Gasteiger charge is -2.34. The Kier molecular flexibility index (Phi) is 6.49. The summed E-state index contributed by atoms with van der Waals surface area (Å²) in [5, 5.41) is 24.3. The molecule has 8 heteroatoms. The summed E-state index contributed by atoms with van der Waals surface area (Å²) in [6.07, 6.45) is 0. The number of hydrogen-bond donors (Lipinski definition) is 2. The minimum Gasteiger partial charge on any atom is -0.494 e. The molecule has 0 radical (unpaired) electrons. The lowest BCUT2D eigenvalue weighted by molar-refractivity contribution is -0.125. The predicted octanol–water partition coefficient (Wildman–Crippen LogP) is 2.79. The first-order chi connectivity index (χ1) is 12.8. The molecular formula is C19H20N4O3S. The first-order valence-electron chi connectivity index (χ1n) is 8.34. The van der Waals surface area contributed by atoms with Gasteiger partial charge in [0.1, 0.15) is 11.7 Å². The second-order valence-electron chi connectivity index (χ2n) is 6.38. The van der Waals surface area contributed by atoms with Crippen molar-refractivity contribution in [3.05, 3.63) is 34.9 Å². The van der Waals surface area contributed by atoms with Gasteiger partial charge in [0.05, 0.1) is 35.1 Å². The lowest BCUT2D eigenvalue weighted by Crippen LogP contribution is -2.44. The molecule has 2 rings (SSSR count). The molecule has 2 N–H and O–H groups in total. The maximum Gasteiger partial charge on any atom is 0.243 e. The fourth-order valence-electron chi connectivity index (χ4n) is 2.67. The van der Waals surface area contributed by atoms with Gasteiger partial charge < -0.3 is 15.4 Å². The molecule has 1 heterocycles. The minimum atomic E-state index is -0.950. The molecule has 1 atom stereocenters. The summed E-state index contributed by atoms with van der Waals surface area (Å²) in [4.78, 5) is 24.3. The Morgan fingerprint density at radius 2 is 2.00 bits per heavy atom. The lowest BCUT2D eigenvalue weighted by atomic mass is 9.72. The second-order valence-corrected chi connectivity index (χ2v) is 7.37. The van der Waals surface area contributed by atoms with Gasteiger partial charge in [0.2, 0.25) is 11.8 Å². The zero-order chi connectivity index (χ0) is 20.0. The highest BCUT2D eigenvalue weighted by Gasteiger charge is 2.44. The molecule has 1 aliphatic rings. The van der Waals surface area contributed by atoms with Crippen LogP contribution in [0.15, 0.2) is 34.9 Å². The van der Waals surface area contributed by atoms with Gasteiger partial charge in [0.25, 0.3) is 0 Å². The quantitative estimate of drug-likeness (QED) is 0.779. The van der Waals surface area contributed by atoms with E-state index in [2.05, 4.69) is 16.7 Å². The van der Waals surface area contributed by atoms with E-state index in [9.17, 15) is 20.1 Å². The number of rotatable bonds is 6. The van der Waals surface area contributed by atoms with Crippen molar-refractivity contribution >= 4 is 29.3 Å². The highest BCUT2D eigenvalue weighted by Crippen LogP contribution is 2.41. The number of amides is 2. The molecule has 2 amide bonds. The average molecular weight is 384 g/mol. The normalized spacial score (nSPS) is 18.1. The van der Waals surface area contributed by atoms with Crippen LogP contribution in [0.1, 0.15) is 20.8 Å². The van der Waals surface area contributed by atoms with Crippen LogP contribution in [0.5, 0.6) is 5.75 Å². The maximum atomic E-state index is 12.2. The van der Waals surface area contributed by atoms with Crippen molar-refractivity contribution in [1.29, 1.82) is 10.5 Å². The summed E-state index contributed by atoms with van der Waals surface area (Å²) < 4.78 is 5.35. The molecule has 0 bridgehead atoms. The molecule has 0 aliphatic carbocycles. The van der Waals surface area contributed by atoms with Gasteiger partial charge in [0.15, 0.2) is 0 Å². The number of allylic oxidation sites excluding steroid dienone is 1. The summed E-state index contributed by atoms with van der Waals surface area (Å²) in [5.74, 6) is -0.956. The summed E-state index contributed by atoms with van der Waals surface area (Å²) >= 11 is 1.07. The van der Waals surface area contributed by atoms with Crippen molar-refractivity contribution in [3.63, 3.8) is 0 Å². The van der Waals surface area contributed by atoms with Crippen molar-refractivity contribution in [2.45, 2.75) is 20.8 Å². The minimum absolute atomic E-state index is 0.0152. The number of anilines is 1. The molecule has 7 nitrogen and oxygen atoms in total. The topological polar surface area (TPSA) is 115 Å². The van der Waals surface area contributed by atoms with E-state index in [0.717, 1.165) is 11.8 Å². The summed E-state index contributed by atoms with van der Waals surface area (Å²) in [7, 11) is 0. The van der Waals surface area contributed by atoms with Crippen LogP contribution in [0, 0.1) is 34.0 Å². The van der Waals surface area contributed by atoms with E-state index in [0.29, 0.717) is 28.6 Å². The Balaban J connectivity index is 2.05. The highest BCUT2D eigenvalue weighted by molar-refractivity contribution is 8.03. The molecule has 0 spiro atoms. The smallest absolute Gasteiger partial charge is 0.243 e. The molecule has 0 unspecified atom stereocenters. The van der Waals surface area contributed by atoms with Crippen molar-refractivity contribution < 1.29 is 14.3 Å². The monoisotopic (exact) mass is 384 g/mol. The Morgan fingerprint density at radius 3 is 2.56 bits per heavy atom. The molecule has 27 heavy (non-hydrogen) atoms. The summed E-state index contributed by atoms with van der Waals surface area (Å²) in [5.41, 5.74) is 0.00310.